The number of rotatable bonds is 7. The van der Waals surface area contributed by atoms with Crippen LogP contribution in [0.15, 0.2) is 34.3 Å². The van der Waals surface area contributed by atoms with Crippen LogP contribution in [0.4, 0.5) is 0 Å². The lowest BCUT2D eigenvalue weighted by atomic mass is 10.2. The van der Waals surface area contributed by atoms with E-state index in [1.807, 2.05) is 0 Å². The molecule has 0 aliphatic heterocycles. The Bertz CT molecular complexity index is 510. The Morgan fingerprint density at radius 1 is 1.30 bits per heavy atom. The lowest BCUT2D eigenvalue weighted by Crippen LogP contribution is -2.16. The highest BCUT2D eigenvalue weighted by Gasteiger charge is 2.03. The van der Waals surface area contributed by atoms with E-state index in [2.05, 4.69) is 9.98 Å². The first-order valence-electron chi connectivity index (χ1n) is 6.44. The monoisotopic (exact) mass is 276 g/mol. The Morgan fingerprint density at radius 3 is 2.65 bits per heavy atom. The number of aromatic hydroxyl groups is 1. The first kappa shape index (κ1) is 16.0. The van der Waals surface area contributed by atoms with Gasteiger partial charge in [0.25, 0.3) is 0 Å². The van der Waals surface area contributed by atoms with Gasteiger partial charge in [-0.2, -0.15) is 0 Å². The number of carbonyl (C=O) groups is 1. The third kappa shape index (κ3) is 6.24. The molecule has 1 rings (SSSR count). The predicted molar refractivity (Wildman–Crippen MR) is 79.8 cm³/mol. The lowest BCUT2D eigenvalue weighted by molar-refractivity contribution is -0.115. The molecular weight excluding hydrogens is 256 g/mol. The Balaban J connectivity index is 2.42. The van der Waals surface area contributed by atoms with Crippen molar-refractivity contribution in [3.63, 3.8) is 0 Å². The minimum absolute atomic E-state index is 0.0540. The number of para-hydroxylation sites is 1. The van der Waals surface area contributed by atoms with Crippen molar-refractivity contribution in [1.29, 1.82) is 0 Å². The van der Waals surface area contributed by atoms with Crippen LogP contribution in [0.3, 0.4) is 0 Å². The van der Waals surface area contributed by atoms with E-state index in [0.29, 0.717) is 17.7 Å². The van der Waals surface area contributed by atoms with Crippen LogP contribution in [0.1, 0.15) is 25.8 Å². The number of aliphatic hydroxyl groups excluding tert-OH is 1. The molecule has 1 unspecified atom stereocenters. The van der Waals surface area contributed by atoms with Gasteiger partial charge in [0.05, 0.1) is 19.2 Å². The molecule has 0 saturated carbocycles. The molecule has 20 heavy (non-hydrogen) atoms. The summed E-state index contributed by atoms with van der Waals surface area (Å²) >= 11 is 0. The number of phenols is 1. The summed E-state index contributed by atoms with van der Waals surface area (Å²) in [4.78, 5) is 19.1. The number of hydrogen-bond acceptors (Lipinski definition) is 5. The highest BCUT2D eigenvalue weighted by molar-refractivity contribution is 5.99. The fraction of sp³-hybridized carbons (Fsp3) is 0.400. The summed E-state index contributed by atoms with van der Waals surface area (Å²) in [5, 5.41) is 19.2. The summed E-state index contributed by atoms with van der Waals surface area (Å²) in [6.45, 7) is 3.69. The van der Waals surface area contributed by atoms with Gasteiger partial charge in [0, 0.05) is 23.9 Å². The number of aliphatic hydroxyl groups is 1. The first-order valence-corrected chi connectivity index (χ1v) is 6.44. The summed E-state index contributed by atoms with van der Waals surface area (Å²) in [5.41, 5.74) is 1.32. The normalized spacial score (nSPS) is 13.7. The van der Waals surface area contributed by atoms with Crippen LogP contribution in [-0.4, -0.2) is 47.1 Å². The molecule has 0 bridgehead atoms. The van der Waals surface area contributed by atoms with E-state index < -0.39 is 6.10 Å². The van der Waals surface area contributed by atoms with Gasteiger partial charge in [-0.25, -0.2) is 0 Å². The molecule has 0 spiro atoms. The van der Waals surface area contributed by atoms with Crippen molar-refractivity contribution in [2.75, 3.05) is 13.1 Å². The van der Waals surface area contributed by atoms with Gasteiger partial charge in [0.15, 0.2) is 0 Å². The van der Waals surface area contributed by atoms with Gasteiger partial charge in [-0.15, -0.1) is 0 Å². The molecule has 5 nitrogen and oxygen atoms in total. The maximum atomic E-state index is 10.9. The van der Waals surface area contributed by atoms with Crippen LogP contribution in [0.2, 0.25) is 0 Å². The number of carbonyl (C=O) groups excluding carboxylic acids is 1. The van der Waals surface area contributed by atoms with Crippen LogP contribution in [0.5, 0.6) is 5.75 Å². The number of phenolic OH excluding ortho intramolecular Hbond substituents is 1. The average Bonchev–Trinajstić information content (AvgIpc) is 2.38. The lowest BCUT2D eigenvalue weighted by Gasteiger charge is -2.05. The fourth-order valence-corrected chi connectivity index (χ4v) is 1.60. The van der Waals surface area contributed by atoms with Crippen molar-refractivity contribution in [3.8, 4) is 5.75 Å². The Hall–Kier alpha value is -2.01. The number of hydrogen-bond donors (Lipinski definition) is 2. The zero-order valence-corrected chi connectivity index (χ0v) is 11.8. The second kappa shape index (κ2) is 8.22. The molecule has 0 heterocycles. The summed E-state index contributed by atoms with van der Waals surface area (Å²) in [6, 6.07) is 6.84. The second-order valence-electron chi connectivity index (χ2n) is 4.66. The zero-order chi connectivity index (χ0) is 15.0. The van der Waals surface area contributed by atoms with Gasteiger partial charge in [-0.1, -0.05) is 12.1 Å². The van der Waals surface area contributed by atoms with Gasteiger partial charge in [-0.05, 0) is 26.0 Å². The van der Waals surface area contributed by atoms with E-state index in [-0.39, 0.29) is 24.6 Å². The molecule has 108 valence electrons. The summed E-state index contributed by atoms with van der Waals surface area (Å²) < 4.78 is 0. The van der Waals surface area contributed by atoms with Crippen molar-refractivity contribution in [3.05, 3.63) is 29.8 Å². The smallest absolute Gasteiger partial charge is 0.135 e. The molecule has 1 aromatic rings. The molecule has 0 amide bonds. The van der Waals surface area contributed by atoms with Crippen LogP contribution in [0.25, 0.3) is 0 Å². The van der Waals surface area contributed by atoms with Gasteiger partial charge in [-0.3, -0.25) is 14.8 Å². The third-order valence-corrected chi connectivity index (χ3v) is 2.56. The molecule has 0 aromatic heterocycles. The van der Waals surface area contributed by atoms with E-state index in [0.717, 1.165) is 0 Å². The summed E-state index contributed by atoms with van der Waals surface area (Å²) in [6.07, 6.45) is 1.14. The van der Waals surface area contributed by atoms with Crippen LogP contribution >= 0.6 is 0 Å². The molecule has 5 heteroatoms. The van der Waals surface area contributed by atoms with E-state index in [1.54, 1.807) is 31.2 Å². The van der Waals surface area contributed by atoms with Gasteiger partial charge in [0.2, 0.25) is 0 Å². The number of nitrogens with zero attached hydrogens (tertiary/aromatic N) is 2. The summed E-state index contributed by atoms with van der Waals surface area (Å²) in [5.74, 6) is 0.208. The highest BCUT2D eigenvalue weighted by atomic mass is 16.3. The average molecular weight is 276 g/mol. The van der Waals surface area contributed by atoms with E-state index >= 15 is 0 Å². The van der Waals surface area contributed by atoms with Gasteiger partial charge in [0.1, 0.15) is 11.5 Å². The maximum Gasteiger partial charge on any atom is 0.135 e. The standard InChI is InChI=1S/C15H20N2O3/c1-11(7-12(2)18)17-10-14(19)9-16-8-13-5-3-4-6-15(13)20/h3-6,8,14,19-20H,7,9-10H2,1-2H3. The van der Waals surface area contributed by atoms with Crippen molar-refractivity contribution < 1.29 is 15.0 Å². The number of aliphatic imine (C=N–C) groups is 2. The SMILES string of the molecule is CC(=O)CC(C)=NCC(O)CN=Cc1ccccc1O. The van der Waals surface area contributed by atoms with E-state index in [1.165, 1.54) is 13.1 Å². The fourth-order valence-electron chi connectivity index (χ4n) is 1.60. The number of ketones is 1. The maximum absolute atomic E-state index is 10.9. The molecule has 0 radical (unpaired) electrons. The molecule has 1 atom stereocenters. The van der Waals surface area contributed by atoms with Crippen molar-refractivity contribution in [1.82, 2.24) is 0 Å². The minimum atomic E-state index is -0.695. The van der Waals surface area contributed by atoms with Gasteiger partial charge < -0.3 is 10.2 Å². The van der Waals surface area contributed by atoms with Crippen LogP contribution in [-0.2, 0) is 4.79 Å². The largest absolute Gasteiger partial charge is 0.507 e. The number of Topliss-reactive ketones (excluding diaryl/α,β-unsaturated/α-hetero) is 1. The topological polar surface area (TPSA) is 82.2 Å². The Labute approximate surface area is 118 Å². The predicted octanol–water partition coefficient (Wildman–Crippen LogP) is 1.61. The Kier molecular flexibility index (Phi) is 6.59. The van der Waals surface area contributed by atoms with Crippen molar-refractivity contribution >= 4 is 17.7 Å². The number of benzene rings is 1. The first-order chi connectivity index (χ1) is 9.49. The quantitative estimate of drug-likeness (QED) is 0.742. The van der Waals surface area contributed by atoms with E-state index in [4.69, 9.17) is 0 Å². The van der Waals surface area contributed by atoms with Crippen LogP contribution in [0, 0.1) is 0 Å². The molecule has 1 aromatic carbocycles. The zero-order valence-electron chi connectivity index (χ0n) is 11.8. The molecule has 0 aliphatic carbocycles. The molecule has 2 N–H and O–H groups in total. The molecular formula is C15H20N2O3. The van der Waals surface area contributed by atoms with E-state index in [9.17, 15) is 15.0 Å². The molecule has 0 fully saturated rings. The third-order valence-electron chi connectivity index (χ3n) is 2.56. The van der Waals surface area contributed by atoms with Crippen molar-refractivity contribution in [2.45, 2.75) is 26.4 Å². The molecule has 0 saturated heterocycles. The van der Waals surface area contributed by atoms with Crippen molar-refractivity contribution in [2.24, 2.45) is 9.98 Å². The second-order valence-corrected chi connectivity index (χ2v) is 4.66. The van der Waals surface area contributed by atoms with Gasteiger partial charge >= 0.3 is 0 Å². The highest BCUT2D eigenvalue weighted by Crippen LogP contribution is 2.12. The molecule has 0 aliphatic rings. The van der Waals surface area contributed by atoms with Crippen LogP contribution < -0.4 is 0 Å². The summed E-state index contributed by atoms with van der Waals surface area (Å²) in [7, 11) is 0. The minimum Gasteiger partial charge on any atom is -0.507 e. The Morgan fingerprint density at radius 2 is 2.00 bits per heavy atom.